The summed E-state index contributed by atoms with van der Waals surface area (Å²) in [5.41, 5.74) is -0.773. The van der Waals surface area contributed by atoms with E-state index < -0.39 is 23.1 Å². The van der Waals surface area contributed by atoms with E-state index in [1.54, 1.807) is 6.92 Å². The Morgan fingerprint density at radius 3 is 2.73 bits per heavy atom. The van der Waals surface area contributed by atoms with Gasteiger partial charge in [-0.15, -0.1) is 0 Å². The van der Waals surface area contributed by atoms with Crippen molar-refractivity contribution in [2.75, 3.05) is 6.61 Å². The molecule has 0 heterocycles. The van der Waals surface area contributed by atoms with E-state index in [1.165, 1.54) is 0 Å². The van der Waals surface area contributed by atoms with Gasteiger partial charge in [0, 0.05) is 6.07 Å². The van der Waals surface area contributed by atoms with Gasteiger partial charge in [-0.2, -0.15) is 0 Å². The van der Waals surface area contributed by atoms with E-state index in [9.17, 15) is 14.3 Å². The molecule has 0 amide bonds. The van der Waals surface area contributed by atoms with Crippen LogP contribution in [0.4, 0.5) is 4.39 Å². The normalized spacial score (nSPS) is 10.1. The summed E-state index contributed by atoms with van der Waals surface area (Å²) in [6, 6.07) is 0.913. The molecule has 0 spiro atoms. The first-order valence-corrected chi connectivity index (χ1v) is 4.85. The summed E-state index contributed by atoms with van der Waals surface area (Å²) >= 11 is 2.93. The number of carboxylic acids is 1. The number of phenols is 1. The third kappa shape index (κ3) is 2.20. The summed E-state index contributed by atoms with van der Waals surface area (Å²) in [5.74, 6) is -3.18. The zero-order valence-corrected chi connectivity index (χ0v) is 9.34. The summed E-state index contributed by atoms with van der Waals surface area (Å²) in [6.07, 6.45) is 0. The van der Waals surface area contributed by atoms with Gasteiger partial charge in [0.25, 0.3) is 0 Å². The summed E-state index contributed by atoms with van der Waals surface area (Å²) in [6.45, 7) is 1.97. The number of aromatic hydroxyl groups is 1. The van der Waals surface area contributed by atoms with Crippen LogP contribution in [0.3, 0.4) is 0 Å². The number of aromatic carboxylic acids is 1. The Morgan fingerprint density at radius 1 is 1.67 bits per heavy atom. The molecule has 4 nitrogen and oxygen atoms in total. The average Bonchev–Trinajstić information content (AvgIpc) is 2.13. The Hall–Kier alpha value is -1.30. The van der Waals surface area contributed by atoms with Crippen molar-refractivity contribution < 1.29 is 24.1 Å². The molecule has 6 heteroatoms. The van der Waals surface area contributed by atoms with Gasteiger partial charge in [-0.3, -0.25) is 0 Å². The van der Waals surface area contributed by atoms with Gasteiger partial charge in [0.2, 0.25) is 0 Å². The number of hydrogen-bond acceptors (Lipinski definition) is 3. The van der Waals surface area contributed by atoms with E-state index in [0.29, 0.717) is 0 Å². The standard InChI is InChI=1S/C9H8BrFO4/c1-2-15-5-3-4(11)6(9(13)14)8(12)7(5)10/h3,12H,2H2,1H3,(H,13,14). The Bertz CT molecular complexity index is 406. The van der Waals surface area contributed by atoms with E-state index in [2.05, 4.69) is 15.9 Å². The fourth-order valence-corrected chi connectivity index (χ4v) is 1.48. The Morgan fingerprint density at radius 2 is 2.27 bits per heavy atom. The van der Waals surface area contributed by atoms with Crippen LogP contribution in [-0.4, -0.2) is 22.8 Å². The van der Waals surface area contributed by atoms with Crippen LogP contribution in [0, 0.1) is 5.82 Å². The van der Waals surface area contributed by atoms with Gasteiger partial charge in [0.1, 0.15) is 21.6 Å². The number of rotatable bonds is 3. The van der Waals surface area contributed by atoms with Crippen molar-refractivity contribution in [1.29, 1.82) is 0 Å². The molecule has 1 rings (SSSR count). The predicted octanol–water partition coefficient (Wildman–Crippen LogP) is 2.39. The van der Waals surface area contributed by atoms with Crippen LogP contribution in [0.2, 0.25) is 0 Å². The lowest BCUT2D eigenvalue weighted by molar-refractivity contribution is 0.0688. The van der Waals surface area contributed by atoms with Gasteiger partial charge in [0.15, 0.2) is 5.75 Å². The molecule has 0 atom stereocenters. The van der Waals surface area contributed by atoms with E-state index in [1.807, 2.05) is 0 Å². The van der Waals surface area contributed by atoms with Gasteiger partial charge < -0.3 is 14.9 Å². The zero-order valence-electron chi connectivity index (χ0n) is 7.75. The number of carbonyl (C=O) groups is 1. The van der Waals surface area contributed by atoms with Gasteiger partial charge in [-0.1, -0.05) is 0 Å². The highest BCUT2D eigenvalue weighted by atomic mass is 79.9. The van der Waals surface area contributed by atoms with Crippen molar-refractivity contribution in [2.24, 2.45) is 0 Å². The molecule has 0 aliphatic heterocycles. The highest BCUT2D eigenvalue weighted by molar-refractivity contribution is 9.10. The molecular weight excluding hydrogens is 271 g/mol. The van der Waals surface area contributed by atoms with Crippen molar-refractivity contribution >= 4 is 21.9 Å². The molecule has 0 saturated carbocycles. The maximum atomic E-state index is 13.2. The van der Waals surface area contributed by atoms with Gasteiger partial charge in [0.05, 0.1) is 6.61 Å². The van der Waals surface area contributed by atoms with Crippen LogP contribution in [0.25, 0.3) is 0 Å². The first kappa shape index (κ1) is 11.8. The van der Waals surface area contributed by atoms with Crippen LogP contribution in [0.5, 0.6) is 11.5 Å². The molecule has 0 bridgehead atoms. The lowest BCUT2D eigenvalue weighted by Crippen LogP contribution is -2.03. The summed E-state index contributed by atoms with van der Waals surface area (Å²) < 4.78 is 18.2. The monoisotopic (exact) mass is 278 g/mol. The van der Waals surface area contributed by atoms with Crippen molar-refractivity contribution in [2.45, 2.75) is 6.92 Å². The highest BCUT2D eigenvalue weighted by Crippen LogP contribution is 2.38. The van der Waals surface area contributed by atoms with E-state index >= 15 is 0 Å². The van der Waals surface area contributed by atoms with Crippen LogP contribution in [0.1, 0.15) is 17.3 Å². The van der Waals surface area contributed by atoms with Crippen LogP contribution in [0.15, 0.2) is 10.5 Å². The second-order valence-corrected chi connectivity index (χ2v) is 3.43. The van der Waals surface area contributed by atoms with Crippen LogP contribution >= 0.6 is 15.9 Å². The van der Waals surface area contributed by atoms with Crippen molar-refractivity contribution in [3.8, 4) is 11.5 Å². The number of halogens is 2. The Kier molecular flexibility index (Phi) is 3.52. The third-order valence-corrected chi connectivity index (χ3v) is 2.44. The van der Waals surface area contributed by atoms with E-state index in [-0.39, 0.29) is 16.8 Å². The molecule has 82 valence electrons. The van der Waals surface area contributed by atoms with Crippen LogP contribution < -0.4 is 4.74 Å². The lowest BCUT2D eigenvalue weighted by atomic mass is 10.2. The van der Waals surface area contributed by atoms with Crippen molar-refractivity contribution in [3.05, 3.63) is 21.9 Å². The zero-order chi connectivity index (χ0) is 11.6. The summed E-state index contributed by atoms with van der Waals surface area (Å²) in [4.78, 5) is 10.6. The minimum atomic E-state index is -1.53. The van der Waals surface area contributed by atoms with Gasteiger partial charge in [-0.05, 0) is 22.9 Å². The number of ether oxygens (including phenoxy) is 1. The topological polar surface area (TPSA) is 66.8 Å². The van der Waals surface area contributed by atoms with Crippen molar-refractivity contribution in [3.63, 3.8) is 0 Å². The molecule has 0 aromatic heterocycles. The first-order chi connectivity index (χ1) is 6.99. The molecule has 1 aromatic rings. The van der Waals surface area contributed by atoms with Crippen LogP contribution in [-0.2, 0) is 0 Å². The molecule has 15 heavy (non-hydrogen) atoms. The van der Waals surface area contributed by atoms with E-state index in [4.69, 9.17) is 9.84 Å². The molecule has 0 fully saturated rings. The number of carboxylic acid groups (broad SMARTS) is 1. The van der Waals surface area contributed by atoms with Gasteiger partial charge >= 0.3 is 5.97 Å². The number of hydrogen-bond donors (Lipinski definition) is 2. The molecule has 0 unspecified atom stereocenters. The second-order valence-electron chi connectivity index (χ2n) is 2.63. The Balaban J connectivity index is 3.37. The first-order valence-electron chi connectivity index (χ1n) is 4.06. The number of benzene rings is 1. The second kappa shape index (κ2) is 4.48. The predicted molar refractivity (Wildman–Crippen MR) is 53.9 cm³/mol. The molecular formula is C9H8BrFO4. The van der Waals surface area contributed by atoms with E-state index in [0.717, 1.165) is 6.07 Å². The third-order valence-electron chi connectivity index (χ3n) is 1.67. The SMILES string of the molecule is CCOc1cc(F)c(C(=O)O)c(O)c1Br. The fraction of sp³-hybridized carbons (Fsp3) is 0.222. The summed E-state index contributed by atoms with van der Waals surface area (Å²) in [5, 5.41) is 18.0. The lowest BCUT2D eigenvalue weighted by Gasteiger charge is -2.09. The average molecular weight is 279 g/mol. The molecule has 0 saturated heterocycles. The molecule has 0 aliphatic rings. The molecule has 0 radical (unpaired) electrons. The largest absolute Gasteiger partial charge is 0.506 e. The molecule has 0 aliphatic carbocycles. The van der Waals surface area contributed by atoms with Crippen molar-refractivity contribution in [1.82, 2.24) is 0 Å². The highest BCUT2D eigenvalue weighted by Gasteiger charge is 2.22. The minimum absolute atomic E-state index is 0.0307. The maximum absolute atomic E-state index is 13.2. The van der Waals surface area contributed by atoms with Gasteiger partial charge in [-0.25, -0.2) is 9.18 Å². The smallest absolute Gasteiger partial charge is 0.342 e. The Labute approximate surface area is 93.4 Å². The summed E-state index contributed by atoms with van der Waals surface area (Å²) in [7, 11) is 0. The quantitative estimate of drug-likeness (QED) is 0.891. The molecule has 2 N–H and O–H groups in total. The maximum Gasteiger partial charge on any atom is 0.342 e. The minimum Gasteiger partial charge on any atom is -0.506 e. The fourth-order valence-electron chi connectivity index (χ4n) is 1.05. The molecule has 1 aromatic carbocycles.